The maximum absolute atomic E-state index is 13.7. The largest absolute Gasteiger partial charge is 0.479 e. The second kappa shape index (κ2) is 10.4. The molecule has 9 nitrogen and oxygen atoms in total. The van der Waals surface area contributed by atoms with Gasteiger partial charge in [0.1, 0.15) is 5.84 Å². The zero-order valence-corrected chi connectivity index (χ0v) is 21.2. The molecule has 1 atom stereocenters. The number of carbonyl (C=O) groups excluding carboxylic acids is 2. The Morgan fingerprint density at radius 1 is 0.875 bits per heavy atom. The molecule has 5 rings (SSSR count). The number of amidine groups is 1. The molecule has 0 aliphatic carbocycles. The zero-order chi connectivity index (χ0) is 28.4. The van der Waals surface area contributed by atoms with Crippen LogP contribution in [0.5, 0.6) is 0 Å². The Balaban J connectivity index is 1.47. The summed E-state index contributed by atoms with van der Waals surface area (Å²) in [5, 5.41) is 22.3. The van der Waals surface area contributed by atoms with Gasteiger partial charge in [-0.2, -0.15) is 0 Å². The number of ketones is 1. The minimum absolute atomic E-state index is 0.0365. The molecule has 7 N–H and O–H groups in total. The van der Waals surface area contributed by atoms with E-state index in [0.717, 1.165) is 5.56 Å². The van der Waals surface area contributed by atoms with Crippen LogP contribution in [0, 0.1) is 5.41 Å². The number of nitrogens with zero attached hydrogens (tertiary/aromatic N) is 1. The number of aromatic nitrogens is 1. The summed E-state index contributed by atoms with van der Waals surface area (Å²) in [6.07, 6.45) is 1.53. The fourth-order valence-electron chi connectivity index (χ4n) is 4.66. The zero-order valence-electron chi connectivity index (χ0n) is 21.2. The standard InChI is InChI=1S/C31H25N5O4/c32-28(33)20-11-9-18(10-12-20)17-36-29(38)24-7-2-5-21-16-22(13-14-23(21)24)31(34,30(39)40)27(37)25-8-1-4-19-6-3-15-35-26(19)25/h1-16H,17,34H2,(H3,32,33)(H,36,38)(H,39,40). The number of hydrogen-bond acceptors (Lipinski definition) is 6. The van der Waals surface area contributed by atoms with Crippen molar-refractivity contribution in [3.8, 4) is 0 Å². The van der Waals surface area contributed by atoms with E-state index in [0.29, 0.717) is 32.8 Å². The van der Waals surface area contributed by atoms with Gasteiger partial charge in [0.25, 0.3) is 5.91 Å². The first-order valence-electron chi connectivity index (χ1n) is 12.4. The molecule has 5 aromatic rings. The van der Waals surface area contributed by atoms with Crippen molar-refractivity contribution in [2.24, 2.45) is 11.5 Å². The molecule has 1 unspecified atom stereocenters. The lowest BCUT2D eigenvalue weighted by atomic mass is 9.82. The molecule has 0 saturated carbocycles. The lowest BCUT2D eigenvalue weighted by Gasteiger charge is -2.25. The van der Waals surface area contributed by atoms with E-state index in [1.165, 1.54) is 24.4 Å². The van der Waals surface area contributed by atoms with E-state index in [2.05, 4.69) is 10.3 Å². The van der Waals surface area contributed by atoms with Gasteiger partial charge in [-0.05, 0) is 46.2 Å². The van der Waals surface area contributed by atoms with Crippen molar-refractivity contribution in [3.05, 3.63) is 125 Å². The van der Waals surface area contributed by atoms with Gasteiger partial charge in [0, 0.05) is 34.8 Å². The van der Waals surface area contributed by atoms with Crippen molar-refractivity contribution in [2.45, 2.75) is 12.1 Å². The number of rotatable bonds is 8. The summed E-state index contributed by atoms with van der Waals surface area (Å²) in [7, 11) is 0. The number of aliphatic carboxylic acids is 1. The van der Waals surface area contributed by atoms with Gasteiger partial charge in [0.2, 0.25) is 11.3 Å². The number of Topliss-reactive ketones (excluding diaryl/α,β-unsaturated/α-hetero) is 1. The lowest BCUT2D eigenvalue weighted by molar-refractivity contribution is -0.141. The van der Waals surface area contributed by atoms with Crippen LogP contribution in [0.1, 0.15) is 37.4 Å². The van der Waals surface area contributed by atoms with Crippen LogP contribution in [0.2, 0.25) is 0 Å². The fourth-order valence-corrected chi connectivity index (χ4v) is 4.66. The number of nitrogens with two attached hydrogens (primary N) is 2. The molecule has 0 radical (unpaired) electrons. The first-order valence-corrected chi connectivity index (χ1v) is 12.4. The van der Waals surface area contributed by atoms with Crippen LogP contribution in [0.25, 0.3) is 21.7 Å². The molecule has 0 aliphatic heterocycles. The van der Waals surface area contributed by atoms with E-state index in [1.807, 2.05) is 0 Å². The minimum Gasteiger partial charge on any atom is -0.479 e. The maximum Gasteiger partial charge on any atom is 0.336 e. The normalized spacial score (nSPS) is 12.5. The van der Waals surface area contributed by atoms with Crippen LogP contribution in [0.3, 0.4) is 0 Å². The summed E-state index contributed by atoms with van der Waals surface area (Å²) < 4.78 is 0. The van der Waals surface area contributed by atoms with E-state index in [4.69, 9.17) is 16.9 Å². The quantitative estimate of drug-likeness (QED) is 0.0878. The molecule has 1 heterocycles. The highest BCUT2D eigenvalue weighted by Crippen LogP contribution is 2.30. The van der Waals surface area contributed by atoms with Crippen LogP contribution in [-0.2, 0) is 16.9 Å². The Bertz CT molecular complexity index is 1810. The average Bonchev–Trinajstić information content (AvgIpc) is 2.98. The van der Waals surface area contributed by atoms with Crippen LogP contribution in [0.4, 0.5) is 0 Å². The van der Waals surface area contributed by atoms with E-state index >= 15 is 0 Å². The number of benzene rings is 4. The number of pyridine rings is 1. The summed E-state index contributed by atoms with van der Waals surface area (Å²) >= 11 is 0. The molecule has 1 aromatic heterocycles. The summed E-state index contributed by atoms with van der Waals surface area (Å²) in [6, 6.07) is 25.1. The highest BCUT2D eigenvalue weighted by atomic mass is 16.4. The summed E-state index contributed by atoms with van der Waals surface area (Å²) in [4.78, 5) is 43.5. The van der Waals surface area contributed by atoms with Gasteiger partial charge in [-0.25, -0.2) is 4.79 Å². The SMILES string of the molecule is N=C(N)c1ccc(CNC(=O)c2cccc3cc(C(N)(C(=O)O)C(=O)c4cccc5cccnc45)ccc23)cc1. The van der Waals surface area contributed by atoms with Crippen LogP contribution in [-0.4, -0.2) is 33.6 Å². The third-order valence-corrected chi connectivity index (χ3v) is 6.87. The van der Waals surface area contributed by atoms with Crippen molar-refractivity contribution in [1.82, 2.24) is 10.3 Å². The number of nitrogen functional groups attached to an aromatic ring is 1. The predicted molar refractivity (Wildman–Crippen MR) is 152 cm³/mol. The fraction of sp³-hybridized carbons (Fsp3) is 0.0645. The molecule has 4 aromatic carbocycles. The van der Waals surface area contributed by atoms with Gasteiger partial charge in [-0.3, -0.25) is 20.0 Å². The number of carboxylic acid groups (broad SMARTS) is 1. The second-order valence-electron chi connectivity index (χ2n) is 9.36. The number of fused-ring (bicyclic) bond motifs is 2. The third-order valence-electron chi connectivity index (χ3n) is 6.87. The number of para-hydroxylation sites is 1. The monoisotopic (exact) mass is 531 g/mol. The Kier molecular flexibility index (Phi) is 6.81. The van der Waals surface area contributed by atoms with E-state index in [-0.39, 0.29) is 29.4 Å². The van der Waals surface area contributed by atoms with Crippen molar-refractivity contribution in [3.63, 3.8) is 0 Å². The van der Waals surface area contributed by atoms with E-state index < -0.39 is 17.3 Å². The molecular formula is C31H25N5O4. The van der Waals surface area contributed by atoms with Gasteiger partial charge < -0.3 is 21.9 Å². The van der Waals surface area contributed by atoms with Crippen LogP contribution in [0.15, 0.2) is 97.2 Å². The maximum atomic E-state index is 13.7. The third kappa shape index (κ3) is 4.65. The van der Waals surface area contributed by atoms with Crippen LogP contribution >= 0.6 is 0 Å². The predicted octanol–water partition coefficient (Wildman–Crippen LogP) is 3.72. The topological polar surface area (TPSA) is 172 Å². The summed E-state index contributed by atoms with van der Waals surface area (Å²) in [6.45, 7) is 0.254. The van der Waals surface area contributed by atoms with E-state index in [1.54, 1.807) is 72.8 Å². The van der Waals surface area contributed by atoms with Crippen molar-refractivity contribution in [1.29, 1.82) is 5.41 Å². The van der Waals surface area contributed by atoms with Crippen LogP contribution < -0.4 is 16.8 Å². The smallest absolute Gasteiger partial charge is 0.336 e. The summed E-state index contributed by atoms with van der Waals surface area (Å²) in [5.74, 6) is -2.67. The first kappa shape index (κ1) is 26.2. The van der Waals surface area contributed by atoms with Gasteiger partial charge in [-0.1, -0.05) is 66.7 Å². The van der Waals surface area contributed by atoms with Gasteiger partial charge in [0.15, 0.2) is 0 Å². The molecule has 1 amide bonds. The summed E-state index contributed by atoms with van der Waals surface area (Å²) in [5.41, 5.74) is 11.8. The molecule has 0 spiro atoms. The number of nitrogens with one attached hydrogen (secondary N) is 2. The first-order chi connectivity index (χ1) is 19.2. The highest BCUT2D eigenvalue weighted by molar-refractivity contribution is 6.20. The number of amides is 1. The second-order valence-corrected chi connectivity index (χ2v) is 9.36. The van der Waals surface area contributed by atoms with E-state index in [9.17, 15) is 19.5 Å². The highest BCUT2D eigenvalue weighted by Gasteiger charge is 2.45. The van der Waals surface area contributed by atoms with Crippen molar-refractivity contribution < 1.29 is 19.5 Å². The Morgan fingerprint density at radius 3 is 2.25 bits per heavy atom. The molecule has 0 bridgehead atoms. The van der Waals surface area contributed by atoms with Crippen molar-refractivity contribution in [2.75, 3.05) is 0 Å². The van der Waals surface area contributed by atoms with Gasteiger partial charge in [-0.15, -0.1) is 0 Å². The molecule has 0 fully saturated rings. The number of carboxylic acids is 1. The lowest BCUT2D eigenvalue weighted by Crippen LogP contribution is -2.52. The Hall–Kier alpha value is -5.41. The molecule has 198 valence electrons. The van der Waals surface area contributed by atoms with Gasteiger partial charge >= 0.3 is 5.97 Å². The molecule has 0 saturated heterocycles. The number of carbonyl (C=O) groups is 3. The Morgan fingerprint density at radius 2 is 1.55 bits per heavy atom. The minimum atomic E-state index is -2.38. The van der Waals surface area contributed by atoms with Crippen molar-refractivity contribution >= 4 is 45.2 Å². The average molecular weight is 532 g/mol. The molecule has 0 aliphatic rings. The van der Waals surface area contributed by atoms with Gasteiger partial charge in [0.05, 0.1) is 5.52 Å². The number of hydrogen-bond donors (Lipinski definition) is 5. The Labute approximate surface area is 229 Å². The molecular weight excluding hydrogens is 506 g/mol. The molecule has 40 heavy (non-hydrogen) atoms. The molecule has 9 heteroatoms.